The summed E-state index contributed by atoms with van der Waals surface area (Å²) in [4.78, 5) is 40.3. The molecule has 11 heteroatoms. The van der Waals surface area contributed by atoms with Gasteiger partial charge in [0.05, 0.1) is 4.92 Å². The first kappa shape index (κ1) is 18.8. The molecule has 2 fully saturated rings. The molecule has 29 heavy (non-hydrogen) atoms. The first-order valence-electron chi connectivity index (χ1n) is 9.67. The maximum absolute atomic E-state index is 12.3. The minimum absolute atomic E-state index is 0.0718. The van der Waals surface area contributed by atoms with Gasteiger partial charge in [-0.2, -0.15) is 15.0 Å². The summed E-state index contributed by atoms with van der Waals surface area (Å²) in [5, 5.41) is 10.7. The molecule has 1 aromatic carbocycles. The van der Waals surface area contributed by atoms with Crippen LogP contribution >= 0.6 is 0 Å². The number of anilines is 3. The van der Waals surface area contributed by atoms with Crippen LogP contribution in [0.5, 0.6) is 0 Å². The summed E-state index contributed by atoms with van der Waals surface area (Å²) in [6.07, 6.45) is 4.41. The van der Waals surface area contributed by atoms with Gasteiger partial charge in [0, 0.05) is 43.9 Å². The number of carbonyl (C=O) groups is 1. The average molecular weight is 398 g/mol. The van der Waals surface area contributed by atoms with Crippen LogP contribution in [0.25, 0.3) is 0 Å². The fraction of sp³-hybridized carbons (Fsp3) is 0.444. The van der Waals surface area contributed by atoms with Crippen molar-refractivity contribution in [2.24, 2.45) is 0 Å². The normalized spacial score (nSPS) is 16.1. The van der Waals surface area contributed by atoms with E-state index < -0.39 is 10.8 Å². The summed E-state index contributed by atoms with van der Waals surface area (Å²) in [5.74, 6) is 1.03. The van der Waals surface area contributed by atoms with Crippen LogP contribution < -0.4 is 20.7 Å². The van der Waals surface area contributed by atoms with Crippen LogP contribution in [0.3, 0.4) is 0 Å². The number of amides is 1. The molecule has 0 atom stereocenters. The molecule has 0 unspecified atom stereocenters. The van der Waals surface area contributed by atoms with Gasteiger partial charge in [-0.25, -0.2) is 0 Å². The highest BCUT2D eigenvalue weighted by atomic mass is 16.6. The molecule has 2 saturated heterocycles. The monoisotopic (exact) mass is 398 g/mol. The van der Waals surface area contributed by atoms with Gasteiger partial charge in [0.25, 0.3) is 11.6 Å². The van der Waals surface area contributed by atoms with Crippen LogP contribution in [-0.2, 0) is 0 Å². The van der Waals surface area contributed by atoms with Gasteiger partial charge in [0.1, 0.15) is 0 Å². The zero-order chi connectivity index (χ0) is 20.2. The zero-order valence-corrected chi connectivity index (χ0v) is 15.9. The second-order valence-corrected chi connectivity index (χ2v) is 7.03. The molecule has 0 aliphatic carbocycles. The lowest BCUT2D eigenvalue weighted by Crippen LogP contribution is -2.32. The van der Waals surface area contributed by atoms with Gasteiger partial charge in [-0.15, -0.1) is 0 Å². The Bertz CT molecular complexity index is 858. The molecule has 2 aliphatic heterocycles. The lowest BCUT2D eigenvalue weighted by Gasteiger charge is -2.20. The van der Waals surface area contributed by atoms with Crippen LogP contribution in [0, 0.1) is 10.1 Å². The largest absolute Gasteiger partial charge is 0.341 e. The molecular formula is C18H22N8O3. The van der Waals surface area contributed by atoms with E-state index >= 15 is 0 Å². The topological polar surface area (TPSA) is 129 Å². The lowest BCUT2D eigenvalue weighted by molar-refractivity contribution is -0.384. The van der Waals surface area contributed by atoms with Crippen molar-refractivity contribution in [1.29, 1.82) is 0 Å². The van der Waals surface area contributed by atoms with E-state index in [2.05, 4.69) is 35.6 Å². The highest BCUT2D eigenvalue weighted by Gasteiger charge is 2.21. The number of nitrogens with zero attached hydrogens (tertiary/aromatic N) is 6. The minimum Gasteiger partial charge on any atom is -0.341 e. The molecule has 0 radical (unpaired) electrons. The molecule has 0 bridgehead atoms. The van der Waals surface area contributed by atoms with Crippen molar-refractivity contribution in [2.75, 3.05) is 41.4 Å². The highest BCUT2D eigenvalue weighted by Crippen LogP contribution is 2.22. The number of nitro groups is 1. The number of rotatable bonds is 6. The Morgan fingerprint density at radius 2 is 1.41 bits per heavy atom. The summed E-state index contributed by atoms with van der Waals surface area (Å²) in [7, 11) is 0. The van der Waals surface area contributed by atoms with E-state index in [0.29, 0.717) is 11.9 Å². The van der Waals surface area contributed by atoms with Gasteiger partial charge in [-0.1, -0.05) is 0 Å². The molecule has 1 amide bonds. The molecule has 2 aromatic rings. The maximum atomic E-state index is 12.3. The maximum Gasteiger partial charge on any atom is 0.269 e. The Labute approximate surface area is 167 Å². The highest BCUT2D eigenvalue weighted by molar-refractivity contribution is 5.94. The summed E-state index contributed by atoms with van der Waals surface area (Å²) >= 11 is 0. The fourth-order valence-electron chi connectivity index (χ4n) is 3.45. The second-order valence-electron chi connectivity index (χ2n) is 7.03. The number of nitro benzene ring substituents is 1. The predicted molar refractivity (Wildman–Crippen MR) is 107 cm³/mol. The van der Waals surface area contributed by atoms with E-state index in [1.165, 1.54) is 24.3 Å². The van der Waals surface area contributed by atoms with Gasteiger partial charge < -0.3 is 9.80 Å². The SMILES string of the molecule is O=C(NNc1nc(N2CCCC2)nc(N2CCCC2)n1)c1ccc([N+](=O)[O-])cc1. The van der Waals surface area contributed by atoms with Crippen LogP contribution in [0.1, 0.15) is 36.0 Å². The van der Waals surface area contributed by atoms with E-state index in [9.17, 15) is 14.9 Å². The molecule has 2 N–H and O–H groups in total. The van der Waals surface area contributed by atoms with E-state index in [-0.39, 0.29) is 17.2 Å². The van der Waals surface area contributed by atoms with Crippen molar-refractivity contribution < 1.29 is 9.72 Å². The summed E-state index contributed by atoms with van der Waals surface area (Å²) in [5.41, 5.74) is 5.53. The van der Waals surface area contributed by atoms with Crippen molar-refractivity contribution in [3.8, 4) is 0 Å². The number of hydrazine groups is 1. The van der Waals surface area contributed by atoms with Crippen molar-refractivity contribution >= 4 is 29.4 Å². The Morgan fingerprint density at radius 3 is 1.90 bits per heavy atom. The molecule has 2 aliphatic rings. The third-order valence-electron chi connectivity index (χ3n) is 5.02. The number of carbonyl (C=O) groups excluding carboxylic acids is 1. The number of hydrogen-bond donors (Lipinski definition) is 2. The molecule has 11 nitrogen and oxygen atoms in total. The van der Waals surface area contributed by atoms with Crippen molar-refractivity contribution in [1.82, 2.24) is 20.4 Å². The van der Waals surface area contributed by atoms with Crippen LogP contribution in [-0.4, -0.2) is 52.0 Å². The Kier molecular flexibility index (Phi) is 5.36. The number of non-ortho nitro benzene ring substituents is 1. The Hall–Kier alpha value is -3.50. The minimum atomic E-state index is -0.509. The van der Waals surface area contributed by atoms with Gasteiger partial charge in [-0.05, 0) is 37.8 Å². The average Bonchev–Trinajstić information content (AvgIpc) is 3.46. The standard InChI is InChI=1S/C18H22N8O3/c27-15(13-5-7-14(8-6-13)26(28)29)22-23-16-19-17(24-9-1-2-10-24)21-18(20-16)25-11-3-4-12-25/h5-8H,1-4,9-12H2,(H,22,27)(H,19,20,21,23). The van der Waals surface area contributed by atoms with Gasteiger partial charge in [0.15, 0.2) is 0 Å². The smallest absolute Gasteiger partial charge is 0.269 e. The second kappa shape index (κ2) is 8.25. The van der Waals surface area contributed by atoms with Crippen molar-refractivity contribution in [3.05, 3.63) is 39.9 Å². The van der Waals surface area contributed by atoms with Crippen LogP contribution in [0.2, 0.25) is 0 Å². The zero-order valence-electron chi connectivity index (χ0n) is 15.9. The van der Waals surface area contributed by atoms with Crippen molar-refractivity contribution in [2.45, 2.75) is 25.7 Å². The van der Waals surface area contributed by atoms with Crippen LogP contribution in [0.4, 0.5) is 23.5 Å². The first-order valence-corrected chi connectivity index (χ1v) is 9.67. The van der Waals surface area contributed by atoms with E-state index in [1.807, 2.05) is 0 Å². The fourth-order valence-corrected chi connectivity index (χ4v) is 3.45. The van der Waals surface area contributed by atoms with E-state index in [0.717, 1.165) is 51.9 Å². The number of aromatic nitrogens is 3. The molecule has 3 heterocycles. The van der Waals surface area contributed by atoms with Gasteiger partial charge in [-0.3, -0.25) is 25.8 Å². The van der Waals surface area contributed by atoms with Gasteiger partial charge in [0.2, 0.25) is 17.8 Å². The molecule has 0 saturated carbocycles. The third kappa shape index (κ3) is 4.33. The van der Waals surface area contributed by atoms with E-state index in [1.54, 1.807) is 0 Å². The van der Waals surface area contributed by atoms with Crippen LogP contribution in [0.15, 0.2) is 24.3 Å². The number of nitrogens with one attached hydrogen (secondary N) is 2. The quantitative estimate of drug-likeness (QED) is 0.552. The number of hydrogen-bond acceptors (Lipinski definition) is 9. The summed E-state index contributed by atoms with van der Waals surface area (Å²) in [6, 6.07) is 5.37. The first-order chi connectivity index (χ1) is 14.1. The molecule has 152 valence electrons. The molecular weight excluding hydrogens is 376 g/mol. The summed E-state index contributed by atoms with van der Waals surface area (Å²) in [6.45, 7) is 3.60. The van der Waals surface area contributed by atoms with Crippen molar-refractivity contribution in [3.63, 3.8) is 0 Å². The Balaban J connectivity index is 1.49. The predicted octanol–water partition coefficient (Wildman–Crippen LogP) is 1.74. The summed E-state index contributed by atoms with van der Waals surface area (Å²) < 4.78 is 0. The lowest BCUT2D eigenvalue weighted by atomic mass is 10.2. The Morgan fingerprint density at radius 1 is 0.897 bits per heavy atom. The number of benzene rings is 1. The molecule has 4 rings (SSSR count). The molecule has 1 aromatic heterocycles. The molecule has 0 spiro atoms. The third-order valence-corrected chi connectivity index (χ3v) is 5.02. The van der Waals surface area contributed by atoms with E-state index in [4.69, 9.17) is 0 Å². The van der Waals surface area contributed by atoms with Gasteiger partial charge >= 0.3 is 0 Å².